The van der Waals surface area contributed by atoms with Crippen LogP contribution in [0.15, 0.2) is 12.1 Å². The highest BCUT2D eigenvalue weighted by Gasteiger charge is 2.21. The number of rotatable bonds is 6. The number of hydrogen-bond acceptors (Lipinski definition) is 6. The molecular weight excluding hydrogens is 234 g/mol. The highest BCUT2D eigenvalue weighted by atomic mass is 16.5. The maximum absolute atomic E-state index is 11.1. The molecule has 0 amide bonds. The number of aliphatic hydroxyl groups is 1. The van der Waals surface area contributed by atoms with Crippen molar-refractivity contribution in [2.75, 3.05) is 19.0 Å². The molecule has 6 heteroatoms. The van der Waals surface area contributed by atoms with Crippen molar-refractivity contribution < 1.29 is 14.6 Å². The van der Waals surface area contributed by atoms with Crippen LogP contribution in [0.25, 0.3) is 0 Å². The first-order valence-corrected chi connectivity index (χ1v) is 5.93. The Labute approximate surface area is 106 Å². The molecule has 0 radical (unpaired) electrons. The Bertz CT molecular complexity index is 388. The van der Waals surface area contributed by atoms with Crippen LogP contribution in [0.4, 0.5) is 5.82 Å². The molecule has 2 N–H and O–H groups in total. The van der Waals surface area contributed by atoms with Crippen LogP contribution in [0.3, 0.4) is 0 Å². The fourth-order valence-corrected chi connectivity index (χ4v) is 1.40. The summed E-state index contributed by atoms with van der Waals surface area (Å²) in [7, 11) is 1.29. The molecule has 18 heavy (non-hydrogen) atoms. The Morgan fingerprint density at radius 3 is 2.50 bits per heavy atom. The normalized spacial score (nSPS) is 11.1. The number of hydrogen-bond donors (Lipinski definition) is 2. The van der Waals surface area contributed by atoms with Gasteiger partial charge in [-0.2, -0.15) is 0 Å². The smallest absolute Gasteiger partial charge is 0.358 e. The van der Waals surface area contributed by atoms with E-state index in [2.05, 4.69) is 20.3 Å². The molecule has 1 aromatic rings. The van der Waals surface area contributed by atoms with Gasteiger partial charge in [0.15, 0.2) is 5.69 Å². The predicted molar refractivity (Wildman–Crippen MR) is 67.4 cm³/mol. The van der Waals surface area contributed by atoms with Gasteiger partial charge in [0.25, 0.3) is 0 Å². The van der Waals surface area contributed by atoms with Gasteiger partial charge in [-0.3, -0.25) is 0 Å². The Balaban J connectivity index is 2.62. The molecule has 0 aliphatic rings. The van der Waals surface area contributed by atoms with Crippen molar-refractivity contribution in [1.82, 2.24) is 10.2 Å². The van der Waals surface area contributed by atoms with E-state index in [0.29, 0.717) is 25.2 Å². The van der Waals surface area contributed by atoms with E-state index in [-0.39, 0.29) is 5.69 Å². The molecule has 1 aromatic heterocycles. The van der Waals surface area contributed by atoms with E-state index in [1.165, 1.54) is 13.2 Å². The summed E-state index contributed by atoms with van der Waals surface area (Å²) in [5, 5.41) is 20.7. The standard InChI is InChI=1S/C12H19N3O3/c1-4-12(17,5-2)8-13-10-7-6-9(14-15-10)11(16)18-3/h6-7,17H,4-5,8H2,1-3H3,(H,13,15). The summed E-state index contributed by atoms with van der Waals surface area (Å²) in [6.45, 7) is 4.25. The molecule has 0 saturated carbocycles. The van der Waals surface area contributed by atoms with Crippen LogP contribution in [-0.2, 0) is 4.74 Å². The molecular formula is C12H19N3O3. The van der Waals surface area contributed by atoms with Gasteiger partial charge in [0.1, 0.15) is 5.82 Å². The highest BCUT2D eigenvalue weighted by Crippen LogP contribution is 2.15. The molecule has 0 unspecified atom stereocenters. The quantitative estimate of drug-likeness (QED) is 0.742. The number of methoxy groups -OCH3 is 1. The average Bonchev–Trinajstić information content (AvgIpc) is 2.44. The molecule has 0 atom stereocenters. The fraction of sp³-hybridized carbons (Fsp3) is 0.583. The minimum absolute atomic E-state index is 0.157. The van der Waals surface area contributed by atoms with Gasteiger partial charge >= 0.3 is 5.97 Å². The van der Waals surface area contributed by atoms with Crippen molar-refractivity contribution in [3.8, 4) is 0 Å². The SMILES string of the molecule is CCC(O)(CC)CNc1ccc(C(=O)OC)nn1. The van der Waals surface area contributed by atoms with Crippen molar-refractivity contribution in [1.29, 1.82) is 0 Å². The van der Waals surface area contributed by atoms with E-state index >= 15 is 0 Å². The van der Waals surface area contributed by atoms with Crippen molar-refractivity contribution in [2.24, 2.45) is 0 Å². The molecule has 0 spiro atoms. The van der Waals surface area contributed by atoms with Gasteiger partial charge in [0.05, 0.1) is 12.7 Å². The molecule has 1 heterocycles. The first kappa shape index (κ1) is 14.4. The number of anilines is 1. The van der Waals surface area contributed by atoms with Crippen LogP contribution < -0.4 is 5.32 Å². The van der Waals surface area contributed by atoms with Gasteiger partial charge in [-0.1, -0.05) is 13.8 Å². The molecule has 0 aromatic carbocycles. The third-order valence-electron chi connectivity index (χ3n) is 2.97. The van der Waals surface area contributed by atoms with E-state index in [1.807, 2.05) is 13.8 Å². The van der Waals surface area contributed by atoms with Gasteiger partial charge < -0.3 is 15.2 Å². The molecule has 0 aliphatic heterocycles. The van der Waals surface area contributed by atoms with E-state index < -0.39 is 11.6 Å². The van der Waals surface area contributed by atoms with Crippen molar-refractivity contribution in [3.05, 3.63) is 17.8 Å². The van der Waals surface area contributed by atoms with Crippen LogP contribution in [0.5, 0.6) is 0 Å². The average molecular weight is 253 g/mol. The van der Waals surface area contributed by atoms with Crippen molar-refractivity contribution in [3.63, 3.8) is 0 Å². The number of carbonyl (C=O) groups excluding carboxylic acids is 1. The number of nitrogens with one attached hydrogen (secondary N) is 1. The minimum atomic E-state index is -0.747. The molecule has 0 bridgehead atoms. The lowest BCUT2D eigenvalue weighted by Crippen LogP contribution is -2.35. The summed E-state index contributed by atoms with van der Waals surface area (Å²) < 4.78 is 4.52. The number of ether oxygens (including phenoxy) is 1. The summed E-state index contributed by atoms with van der Waals surface area (Å²) >= 11 is 0. The maximum Gasteiger partial charge on any atom is 0.358 e. The lowest BCUT2D eigenvalue weighted by atomic mass is 9.98. The molecule has 0 saturated heterocycles. The zero-order valence-electron chi connectivity index (χ0n) is 10.9. The third-order valence-corrected chi connectivity index (χ3v) is 2.97. The third kappa shape index (κ3) is 3.66. The lowest BCUT2D eigenvalue weighted by Gasteiger charge is -2.25. The molecule has 0 fully saturated rings. The van der Waals surface area contributed by atoms with Crippen molar-refractivity contribution in [2.45, 2.75) is 32.3 Å². The van der Waals surface area contributed by atoms with Crippen LogP contribution in [-0.4, -0.2) is 40.5 Å². The number of esters is 1. The van der Waals surface area contributed by atoms with E-state index in [1.54, 1.807) is 6.07 Å². The second kappa shape index (κ2) is 6.30. The monoisotopic (exact) mass is 253 g/mol. The van der Waals surface area contributed by atoms with Gasteiger partial charge in [0, 0.05) is 6.54 Å². The zero-order chi connectivity index (χ0) is 13.6. The van der Waals surface area contributed by atoms with Gasteiger partial charge in [-0.05, 0) is 25.0 Å². The second-order valence-electron chi connectivity index (χ2n) is 4.08. The summed E-state index contributed by atoms with van der Waals surface area (Å²) in [6.07, 6.45) is 1.31. The zero-order valence-corrected chi connectivity index (χ0v) is 10.9. The Morgan fingerprint density at radius 1 is 1.39 bits per heavy atom. The molecule has 6 nitrogen and oxygen atoms in total. The van der Waals surface area contributed by atoms with E-state index in [0.717, 1.165) is 0 Å². The van der Waals surface area contributed by atoms with Crippen LogP contribution in [0.1, 0.15) is 37.2 Å². The Morgan fingerprint density at radius 2 is 2.06 bits per heavy atom. The maximum atomic E-state index is 11.1. The number of aromatic nitrogens is 2. The summed E-state index contributed by atoms with van der Waals surface area (Å²) in [5.74, 6) is -0.00403. The molecule has 100 valence electrons. The Kier molecular flexibility index (Phi) is 5.03. The van der Waals surface area contributed by atoms with Gasteiger partial charge in [0.2, 0.25) is 0 Å². The number of nitrogens with zero attached hydrogens (tertiary/aromatic N) is 2. The molecule has 0 aliphatic carbocycles. The topological polar surface area (TPSA) is 84.3 Å². The first-order valence-electron chi connectivity index (χ1n) is 5.93. The van der Waals surface area contributed by atoms with E-state index in [9.17, 15) is 9.90 Å². The lowest BCUT2D eigenvalue weighted by molar-refractivity contribution is 0.0455. The summed E-state index contributed by atoms with van der Waals surface area (Å²) in [6, 6.07) is 3.16. The van der Waals surface area contributed by atoms with Crippen molar-refractivity contribution >= 4 is 11.8 Å². The number of carbonyl (C=O) groups is 1. The second-order valence-corrected chi connectivity index (χ2v) is 4.08. The minimum Gasteiger partial charge on any atom is -0.464 e. The largest absolute Gasteiger partial charge is 0.464 e. The van der Waals surface area contributed by atoms with Gasteiger partial charge in [-0.15, -0.1) is 10.2 Å². The molecule has 1 rings (SSSR count). The highest BCUT2D eigenvalue weighted by molar-refractivity contribution is 5.86. The predicted octanol–water partition coefficient (Wildman–Crippen LogP) is 1.23. The fourth-order valence-electron chi connectivity index (χ4n) is 1.40. The summed E-state index contributed by atoms with van der Waals surface area (Å²) in [5.41, 5.74) is -0.591. The summed E-state index contributed by atoms with van der Waals surface area (Å²) in [4.78, 5) is 11.1. The first-order chi connectivity index (χ1) is 8.54. The van der Waals surface area contributed by atoms with Crippen LogP contribution in [0.2, 0.25) is 0 Å². The van der Waals surface area contributed by atoms with Crippen LogP contribution in [0, 0.1) is 0 Å². The van der Waals surface area contributed by atoms with E-state index in [4.69, 9.17) is 0 Å². The van der Waals surface area contributed by atoms with Crippen LogP contribution >= 0.6 is 0 Å². The Hall–Kier alpha value is -1.69. The van der Waals surface area contributed by atoms with Gasteiger partial charge in [-0.25, -0.2) is 4.79 Å².